The van der Waals surface area contributed by atoms with Crippen LogP contribution in [0.2, 0.25) is 0 Å². The first-order chi connectivity index (χ1) is 18.4. The number of sulfonamides is 1. The van der Waals surface area contributed by atoms with Crippen molar-refractivity contribution in [3.63, 3.8) is 0 Å². The van der Waals surface area contributed by atoms with E-state index in [1.165, 1.54) is 17.5 Å². The van der Waals surface area contributed by atoms with Crippen molar-refractivity contribution in [2.45, 2.75) is 56.0 Å². The summed E-state index contributed by atoms with van der Waals surface area (Å²) in [4.78, 5) is 15.6. The van der Waals surface area contributed by atoms with E-state index in [9.17, 15) is 13.2 Å². The van der Waals surface area contributed by atoms with Gasteiger partial charge < -0.3 is 5.32 Å². The van der Waals surface area contributed by atoms with Crippen LogP contribution in [0.25, 0.3) is 0 Å². The van der Waals surface area contributed by atoms with Crippen LogP contribution in [-0.4, -0.2) is 55.8 Å². The highest BCUT2D eigenvalue weighted by atomic mass is 32.2. The first kappa shape index (κ1) is 26.6. The van der Waals surface area contributed by atoms with Gasteiger partial charge in [0, 0.05) is 37.8 Å². The zero-order valence-electron chi connectivity index (χ0n) is 22.1. The normalized spacial score (nSPS) is 17.9. The number of carbonyl (C=O) groups excluding carboxylic acids is 1. The molecule has 5 rings (SSSR count). The molecule has 200 valence electrons. The Kier molecular flexibility index (Phi) is 8.27. The van der Waals surface area contributed by atoms with Crippen LogP contribution in [0.4, 0.5) is 0 Å². The number of hydrogen-bond acceptors (Lipinski definition) is 4. The summed E-state index contributed by atoms with van der Waals surface area (Å²) in [7, 11) is -3.72. The molecule has 0 spiro atoms. The van der Waals surface area contributed by atoms with Crippen LogP contribution in [-0.2, 0) is 10.0 Å². The number of nitrogens with one attached hydrogen (secondary N) is 1. The smallest absolute Gasteiger partial charge is 0.251 e. The zero-order valence-corrected chi connectivity index (χ0v) is 22.9. The molecule has 38 heavy (non-hydrogen) atoms. The predicted molar refractivity (Wildman–Crippen MR) is 151 cm³/mol. The minimum Gasteiger partial charge on any atom is -0.349 e. The molecule has 6 nitrogen and oxygen atoms in total. The highest BCUT2D eigenvalue weighted by molar-refractivity contribution is 7.89. The van der Waals surface area contributed by atoms with Gasteiger partial charge in [-0.25, -0.2) is 8.42 Å². The molecule has 3 aromatic carbocycles. The molecule has 0 unspecified atom stereocenters. The molecule has 0 radical (unpaired) electrons. The maximum atomic E-state index is 13.7. The van der Waals surface area contributed by atoms with Crippen molar-refractivity contribution in [3.05, 3.63) is 101 Å². The second kappa shape index (κ2) is 11.8. The summed E-state index contributed by atoms with van der Waals surface area (Å²) < 4.78 is 28.9. The van der Waals surface area contributed by atoms with Gasteiger partial charge in [0.2, 0.25) is 10.0 Å². The van der Waals surface area contributed by atoms with Gasteiger partial charge in [-0.2, -0.15) is 4.31 Å². The Hall–Kier alpha value is -3.00. The number of aryl methyl sites for hydroxylation is 1. The summed E-state index contributed by atoms with van der Waals surface area (Å²) in [5, 5.41) is 3.13. The van der Waals surface area contributed by atoms with Gasteiger partial charge in [-0.3, -0.25) is 9.69 Å². The van der Waals surface area contributed by atoms with Gasteiger partial charge in [0.05, 0.1) is 10.9 Å². The van der Waals surface area contributed by atoms with Gasteiger partial charge in [0.1, 0.15) is 0 Å². The number of amides is 1. The maximum absolute atomic E-state index is 13.7. The number of benzene rings is 3. The second-order valence-electron chi connectivity index (χ2n) is 10.4. The molecule has 1 aliphatic heterocycles. The number of rotatable bonds is 7. The number of hydrogen-bond donors (Lipinski definition) is 1. The minimum atomic E-state index is -3.72. The van der Waals surface area contributed by atoms with Gasteiger partial charge in [0.15, 0.2) is 0 Å². The molecule has 0 bridgehead atoms. The number of piperazine rings is 1. The summed E-state index contributed by atoms with van der Waals surface area (Å²) in [5.74, 6) is -0.176. The van der Waals surface area contributed by atoms with Gasteiger partial charge >= 0.3 is 0 Å². The highest BCUT2D eigenvalue weighted by Gasteiger charge is 2.33. The molecule has 7 heteroatoms. The zero-order chi connectivity index (χ0) is 26.5. The number of nitrogens with zero attached hydrogens (tertiary/aromatic N) is 2. The van der Waals surface area contributed by atoms with E-state index < -0.39 is 10.0 Å². The first-order valence-electron chi connectivity index (χ1n) is 13.7. The van der Waals surface area contributed by atoms with Crippen LogP contribution in [0.15, 0.2) is 83.8 Å². The van der Waals surface area contributed by atoms with Crippen LogP contribution in [0.3, 0.4) is 0 Å². The maximum Gasteiger partial charge on any atom is 0.251 e. The lowest BCUT2D eigenvalue weighted by Gasteiger charge is -2.39. The van der Waals surface area contributed by atoms with E-state index in [0.717, 1.165) is 31.2 Å². The van der Waals surface area contributed by atoms with E-state index >= 15 is 0 Å². The van der Waals surface area contributed by atoms with Gasteiger partial charge in [-0.15, -0.1) is 0 Å². The fourth-order valence-electron chi connectivity index (χ4n) is 5.75. The third-order valence-electron chi connectivity index (χ3n) is 7.90. The Morgan fingerprint density at radius 2 is 1.39 bits per heavy atom. The Bertz CT molecular complexity index is 1290. The SMILES string of the molecule is Cc1ccc(S(=O)(=O)N2CCN(C(c3ccccc3)c3ccccc3)CC2)cc1C(=O)NC1CCCCC1. The van der Waals surface area contributed by atoms with Gasteiger partial charge in [-0.1, -0.05) is 86.0 Å². The summed E-state index contributed by atoms with van der Waals surface area (Å²) in [6.45, 7) is 3.90. The van der Waals surface area contributed by atoms with Crippen molar-refractivity contribution in [1.82, 2.24) is 14.5 Å². The van der Waals surface area contributed by atoms with E-state index in [-0.39, 0.29) is 22.9 Å². The van der Waals surface area contributed by atoms with E-state index in [0.29, 0.717) is 31.7 Å². The Morgan fingerprint density at radius 1 is 0.816 bits per heavy atom. The third-order valence-corrected chi connectivity index (χ3v) is 9.80. The third kappa shape index (κ3) is 5.85. The minimum absolute atomic E-state index is 0.0664. The lowest BCUT2D eigenvalue weighted by atomic mass is 9.95. The fraction of sp³-hybridized carbons (Fsp3) is 0.387. The average Bonchev–Trinajstić information content (AvgIpc) is 2.95. The molecule has 3 aromatic rings. The monoisotopic (exact) mass is 531 g/mol. The van der Waals surface area contributed by atoms with Crippen molar-refractivity contribution in [2.75, 3.05) is 26.2 Å². The molecule has 0 aromatic heterocycles. The van der Waals surface area contributed by atoms with Crippen LogP contribution >= 0.6 is 0 Å². The van der Waals surface area contributed by atoms with Gasteiger partial charge in [0.25, 0.3) is 5.91 Å². The van der Waals surface area contributed by atoms with Crippen LogP contribution in [0.1, 0.15) is 65.2 Å². The van der Waals surface area contributed by atoms with Crippen molar-refractivity contribution >= 4 is 15.9 Å². The van der Waals surface area contributed by atoms with E-state index in [4.69, 9.17) is 0 Å². The molecular weight excluding hydrogens is 494 g/mol. The Labute approximate surface area is 226 Å². The summed E-state index contributed by atoms with van der Waals surface area (Å²) in [6, 6.07) is 25.9. The molecule has 2 fully saturated rings. The van der Waals surface area contributed by atoms with Crippen molar-refractivity contribution < 1.29 is 13.2 Å². The lowest BCUT2D eigenvalue weighted by Crippen LogP contribution is -2.49. The summed E-state index contributed by atoms with van der Waals surface area (Å²) in [6.07, 6.45) is 5.43. The number of carbonyl (C=O) groups is 1. The topological polar surface area (TPSA) is 69.7 Å². The van der Waals surface area contributed by atoms with E-state index in [2.05, 4.69) is 34.5 Å². The lowest BCUT2D eigenvalue weighted by molar-refractivity contribution is 0.0927. The van der Waals surface area contributed by atoms with Gasteiger partial charge in [-0.05, 0) is 48.6 Å². The quantitative estimate of drug-likeness (QED) is 0.458. The molecule has 1 heterocycles. The molecule has 2 aliphatic rings. The van der Waals surface area contributed by atoms with Crippen LogP contribution in [0.5, 0.6) is 0 Å². The molecular formula is C31H37N3O3S. The highest BCUT2D eigenvalue weighted by Crippen LogP contribution is 2.31. The second-order valence-corrected chi connectivity index (χ2v) is 12.4. The average molecular weight is 532 g/mol. The molecule has 1 N–H and O–H groups in total. The molecule has 1 aliphatic carbocycles. The molecule has 1 saturated heterocycles. The Morgan fingerprint density at radius 3 is 1.97 bits per heavy atom. The van der Waals surface area contributed by atoms with Crippen LogP contribution < -0.4 is 5.32 Å². The standard InChI is InChI=1S/C31H37N3O3S/c1-24-17-18-28(23-29(24)31(35)32-27-15-9-4-10-16-27)38(36,37)34-21-19-33(20-22-34)30(25-11-5-2-6-12-25)26-13-7-3-8-14-26/h2-3,5-8,11-14,17-18,23,27,30H,4,9-10,15-16,19-22H2,1H3,(H,32,35). The molecule has 1 amide bonds. The van der Waals surface area contributed by atoms with E-state index in [1.807, 2.05) is 43.3 Å². The summed E-state index contributed by atoms with van der Waals surface area (Å²) in [5.41, 5.74) is 3.63. The van der Waals surface area contributed by atoms with Crippen molar-refractivity contribution in [3.8, 4) is 0 Å². The Balaban J connectivity index is 1.31. The molecule has 1 saturated carbocycles. The summed E-state index contributed by atoms with van der Waals surface area (Å²) >= 11 is 0. The van der Waals surface area contributed by atoms with Crippen molar-refractivity contribution in [2.24, 2.45) is 0 Å². The van der Waals surface area contributed by atoms with Crippen LogP contribution in [0, 0.1) is 6.92 Å². The van der Waals surface area contributed by atoms with E-state index in [1.54, 1.807) is 22.5 Å². The first-order valence-corrected chi connectivity index (χ1v) is 15.1. The molecule has 0 atom stereocenters. The predicted octanol–water partition coefficient (Wildman–Crippen LogP) is 5.15. The largest absolute Gasteiger partial charge is 0.349 e. The van der Waals surface area contributed by atoms with Crippen molar-refractivity contribution in [1.29, 1.82) is 0 Å². The fourth-order valence-corrected chi connectivity index (χ4v) is 7.20.